The van der Waals surface area contributed by atoms with Crippen molar-refractivity contribution in [2.75, 3.05) is 6.61 Å². The third-order valence-electron chi connectivity index (χ3n) is 1.83. The zero-order valence-corrected chi connectivity index (χ0v) is 6.81. The third kappa shape index (κ3) is 2.17. The van der Waals surface area contributed by atoms with Crippen molar-refractivity contribution in [2.45, 2.75) is 12.3 Å². The van der Waals surface area contributed by atoms with E-state index in [4.69, 9.17) is 5.11 Å². The van der Waals surface area contributed by atoms with E-state index in [9.17, 15) is 4.79 Å². The molecular formula is C10H12O2. The number of hydrogen-bond donors (Lipinski definition) is 1. The number of benzene rings is 1. The molecule has 64 valence electrons. The molecule has 0 fully saturated rings. The van der Waals surface area contributed by atoms with Crippen molar-refractivity contribution < 1.29 is 9.90 Å². The summed E-state index contributed by atoms with van der Waals surface area (Å²) in [7, 11) is 0. The molecule has 1 atom stereocenters. The molecule has 0 heterocycles. The highest BCUT2D eigenvalue weighted by molar-refractivity contribution is 5.61. The number of carbonyl (C=O) groups is 1. The van der Waals surface area contributed by atoms with Gasteiger partial charge in [0.25, 0.3) is 0 Å². The van der Waals surface area contributed by atoms with Crippen molar-refractivity contribution in [1.29, 1.82) is 0 Å². The van der Waals surface area contributed by atoms with Crippen LogP contribution in [0.3, 0.4) is 0 Å². The van der Waals surface area contributed by atoms with E-state index >= 15 is 0 Å². The predicted octanol–water partition coefficient (Wildman–Crippen LogP) is 1.35. The molecule has 0 spiro atoms. The molecule has 0 saturated carbocycles. The van der Waals surface area contributed by atoms with Crippen molar-refractivity contribution in [3.8, 4) is 0 Å². The van der Waals surface area contributed by atoms with Gasteiger partial charge in [-0.2, -0.15) is 0 Å². The van der Waals surface area contributed by atoms with Crippen molar-refractivity contribution in [2.24, 2.45) is 0 Å². The minimum absolute atomic E-state index is 0.0539. The van der Waals surface area contributed by atoms with Gasteiger partial charge >= 0.3 is 0 Å². The first-order chi connectivity index (χ1) is 5.88. The highest BCUT2D eigenvalue weighted by Crippen LogP contribution is 2.15. The van der Waals surface area contributed by atoms with Gasteiger partial charge in [-0.05, 0) is 12.0 Å². The fourth-order valence-electron chi connectivity index (χ4n) is 1.15. The number of hydrogen-bond acceptors (Lipinski definition) is 2. The third-order valence-corrected chi connectivity index (χ3v) is 1.83. The quantitative estimate of drug-likeness (QED) is 0.682. The molecule has 0 amide bonds. The van der Waals surface area contributed by atoms with Gasteiger partial charge in [0.05, 0.1) is 0 Å². The van der Waals surface area contributed by atoms with Crippen LogP contribution < -0.4 is 0 Å². The Kier molecular flexibility index (Phi) is 3.48. The Labute approximate surface area is 71.8 Å². The molecule has 12 heavy (non-hydrogen) atoms. The molecule has 0 aliphatic rings. The molecular weight excluding hydrogens is 152 g/mol. The van der Waals surface area contributed by atoms with E-state index in [0.29, 0.717) is 6.42 Å². The molecule has 2 nitrogen and oxygen atoms in total. The summed E-state index contributed by atoms with van der Waals surface area (Å²) in [6.45, 7) is 0.0539. The summed E-state index contributed by atoms with van der Waals surface area (Å²) in [6, 6.07) is 9.49. The molecule has 0 aliphatic carbocycles. The summed E-state index contributed by atoms with van der Waals surface area (Å²) in [6.07, 6.45) is 1.39. The van der Waals surface area contributed by atoms with Gasteiger partial charge in [-0.1, -0.05) is 30.3 Å². The number of aliphatic hydroxyl groups is 1. The monoisotopic (exact) mass is 164 g/mol. The lowest BCUT2D eigenvalue weighted by Gasteiger charge is -2.07. The Bertz CT molecular complexity index is 231. The maximum absolute atomic E-state index is 10.6. The van der Waals surface area contributed by atoms with Crippen LogP contribution in [0.4, 0.5) is 0 Å². The molecule has 1 N–H and O–H groups in total. The Morgan fingerprint density at radius 1 is 1.33 bits per heavy atom. The lowest BCUT2D eigenvalue weighted by molar-refractivity contribution is -0.109. The first-order valence-electron chi connectivity index (χ1n) is 3.99. The first-order valence-corrected chi connectivity index (χ1v) is 3.99. The fraction of sp³-hybridized carbons (Fsp3) is 0.300. The van der Waals surface area contributed by atoms with Crippen LogP contribution in [0.2, 0.25) is 0 Å². The molecule has 0 aromatic heterocycles. The van der Waals surface area contributed by atoms with Crippen LogP contribution >= 0.6 is 0 Å². The summed E-state index contributed by atoms with van der Waals surface area (Å²) < 4.78 is 0. The largest absolute Gasteiger partial charge is 0.396 e. The predicted molar refractivity (Wildman–Crippen MR) is 46.9 cm³/mol. The zero-order valence-electron chi connectivity index (χ0n) is 6.81. The SMILES string of the molecule is O=CC(CCO)c1ccccc1. The molecule has 0 radical (unpaired) electrons. The van der Waals surface area contributed by atoms with Crippen LogP contribution in [0.5, 0.6) is 0 Å². The number of aldehydes is 1. The Hall–Kier alpha value is -1.15. The van der Waals surface area contributed by atoms with Gasteiger partial charge in [0.2, 0.25) is 0 Å². The molecule has 1 unspecified atom stereocenters. The van der Waals surface area contributed by atoms with Crippen LogP contribution in [0.1, 0.15) is 17.9 Å². The van der Waals surface area contributed by atoms with Crippen molar-refractivity contribution >= 4 is 6.29 Å². The molecule has 1 aromatic rings. The van der Waals surface area contributed by atoms with Crippen molar-refractivity contribution in [3.05, 3.63) is 35.9 Å². The van der Waals surface area contributed by atoms with E-state index in [1.807, 2.05) is 30.3 Å². The van der Waals surface area contributed by atoms with Crippen LogP contribution in [0, 0.1) is 0 Å². The minimum atomic E-state index is -0.156. The maximum atomic E-state index is 10.6. The second kappa shape index (κ2) is 4.67. The lowest BCUT2D eigenvalue weighted by atomic mass is 9.98. The Morgan fingerprint density at radius 3 is 2.50 bits per heavy atom. The van der Waals surface area contributed by atoms with Gasteiger partial charge in [-0.3, -0.25) is 0 Å². The number of carbonyl (C=O) groups excluding carboxylic acids is 1. The highest BCUT2D eigenvalue weighted by Gasteiger charge is 2.07. The van der Waals surface area contributed by atoms with E-state index in [1.165, 1.54) is 0 Å². The average Bonchev–Trinajstić information content (AvgIpc) is 2.15. The summed E-state index contributed by atoms with van der Waals surface area (Å²) in [4.78, 5) is 10.6. The number of aliphatic hydroxyl groups excluding tert-OH is 1. The van der Waals surface area contributed by atoms with Crippen LogP contribution in [0.25, 0.3) is 0 Å². The van der Waals surface area contributed by atoms with Gasteiger partial charge in [-0.15, -0.1) is 0 Å². The van der Waals surface area contributed by atoms with Crippen molar-refractivity contribution in [3.63, 3.8) is 0 Å². The standard InChI is InChI=1S/C10H12O2/c11-7-6-10(8-12)9-4-2-1-3-5-9/h1-5,8,10-11H,6-7H2. The van der Waals surface area contributed by atoms with E-state index in [1.54, 1.807) is 0 Å². The summed E-state index contributed by atoms with van der Waals surface area (Å²) in [5.41, 5.74) is 0.974. The smallest absolute Gasteiger partial charge is 0.127 e. The molecule has 0 aliphatic heterocycles. The Morgan fingerprint density at radius 2 is 2.00 bits per heavy atom. The summed E-state index contributed by atoms with van der Waals surface area (Å²) in [5, 5.41) is 8.67. The second-order valence-electron chi connectivity index (χ2n) is 2.67. The molecule has 1 aromatic carbocycles. The minimum Gasteiger partial charge on any atom is -0.396 e. The normalized spacial score (nSPS) is 12.4. The molecule has 2 heteroatoms. The molecule has 1 rings (SSSR count). The van der Waals surface area contributed by atoms with Gasteiger partial charge < -0.3 is 9.90 Å². The van der Waals surface area contributed by atoms with E-state index in [0.717, 1.165) is 11.8 Å². The topological polar surface area (TPSA) is 37.3 Å². The summed E-state index contributed by atoms with van der Waals surface area (Å²) in [5.74, 6) is -0.156. The van der Waals surface area contributed by atoms with Gasteiger partial charge in [0.1, 0.15) is 6.29 Å². The maximum Gasteiger partial charge on any atom is 0.127 e. The second-order valence-corrected chi connectivity index (χ2v) is 2.67. The lowest BCUT2D eigenvalue weighted by Crippen LogP contribution is -2.02. The van der Waals surface area contributed by atoms with Crippen LogP contribution in [0.15, 0.2) is 30.3 Å². The summed E-state index contributed by atoms with van der Waals surface area (Å²) >= 11 is 0. The Balaban J connectivity index is 2.73. The van der Waals surface area contributed by atoms with Gasteiger partial charge in [0, 0.05) is 12.5 Å². The fourth-order valence-corrected chi connectivity index (χ4v) is 1.15. The van der Waals surface area contributed by atoms with Gasteiger partial charge in [0.15, 0.2) is 0 Å². The van der Waals surface area contributed by atoms with E-state index in [-0.39, 0.29) is 12.5 Å². The molecule has 0 saturated heterocycles. The average molecular weight is 164 g/mol. The van der Waals surface area contributed by atoms with Crippen LogP contribution in [-0.4, -0.2) is 18.0 Å². The van der Waals surface area contributed by atoms with Crippen molar-refractivity contribution in [1.82, 2.24) is 0 Å². The number of rotatable bonds is 4. The molecule has 0 bridgehead atoms. The highest BCUT2D eigenvalue weighted by atomic mass is 16.3. The van der Waals surface area contributed by atoms with Crippen LogP contribution in [-0.2, 0) is 4.79 Å². The zero-order chi connectivity index (χ0) is 8.81. The van der Waals surface area contributed by atoms with Gasteiger partial charge in [-0.25, -0.2) is 0 Å². The van der Waals surface area contributed by atoms with E-state index in [2.05, 4.69) is 0 Å². The first kappa shape index (κ1) is 8.94. The van der Waals surface area contributed by atoms with E-state index < -0.39 is 0 Å².